The van der Waals surface area contributed by atoms with Gasteiger partial charge in [-0.05, 0) is 54.8 Å². The molecule has 9 nitrogen and oxygen atoms in total. The van der Waals surface area contributed by atoms with Gasteiger partial charge in [-0.1, -0.05) is 6.07 Å². The van der Waals surface area contributed by atoms with Crippen molar-refractivity contribution in [3.8, 4) is 11.4 Å². The molecule has 1 saturated heterocycles. The van der Waals surface area contributed by atoms with Gasteiger partial charge in [-0.2, -0.15) is 30.0 Å². The van der Waals surface area contributed by atoms with Crippen LogP contribution in [0.1, 0.15) is 21.5 Å². The number of hydrogen-bond acceptors (Lipinski definition) is 6. The molecule has 3 heterocycles. The van der Waals surface area contributed by atoms with Crippen LogP contribution >= 0.6 is 0 Å². The summed E-state index contributed by atoms with van der Waals surface area (Å²) in [6.07, 6.45) is 6.56. The molecule has 168 valence electrons. The van der Waals surface area contributed by atoms with Crippen LogP contribution in [0, 0.1) is 12.7 Å². The molecular formula is C23H22FN7O2. The molecular weight excluding hydrogens is 425 g/mol. The highest BCUT2D eigenvalue weighted by Gasteiger charge is 2.31. The summed E-state index contributed by atoms with van der Waals surface area (Å²) in [7, 11) is 0. The van der Waals surface area contributed by atoms with Gasteiger partial charge in [0.05, 0.1) is 61.0 Å². The first kappa shape index (κ1) is 21.0. The summed E-state index contributed by atoms with van der Waals surface area (Å²) >= 11 is 0. The molecule has 1 fully saturated rings. The van der Waals surface area contributed by atoms with Crippen LogP contribution < -0.4 is 0 Å². The van der Waals surface area contributed by atoms with Crippen LogP contribution in [0.15, 0.2) is 61.2 Å². The lowest BCUT2D eigenvalue weighted by molar-refractivity contribution is -0.00185. The zero-order chi connectivity index (χ0) is 22.8. The average Bonchev–Trinajstić information content (AvgIpc) is 3.55. The predicted octanol–water partition coefficient (Wildman–Crippen LogP) is 2.38. The van der Waals surface area contributed by atoms with Gasteiger partial charge in [0.2, 0.25) is 0 Å². The fraction of sp³-hybridized carbons (Fsp3) is 0.261. The monoisotopic (exact) mass is 447 g/mol. The first-order chi connectivity index (χ1) is 16.1. The van der Waals surface area contributed by atoms with Crippen molar-refractivity contribution in [3.63, 3.8) is 0 Å². The Morgan fingerprint density at radius 2 is 1.76 bits per heavy atom. The summed E-state index contributed by atoms with van der Waals surface area (Å²) in [6, 6.07) is 9.94. The Labute approximate surface area is 189 Å². The van der Waals surface area contributed by atoms with E-state index in [-0.39, 0.29) is 17.8 Å². The Kier molecular flexibility index (Phi) is 5.66. The molecule has 1 atom stereocenters. The molecule has 0 saturated carbocycles. The van der Waals surface area contributed by atoms with Crippen LogP contribution in [-0.2, 0) is 11.2 Å². The van der Waals surface area contributed by atoms with Gasteiger partial charge in [0.1, 0.15) is 5.82 Å². The van der Waals surface area contributed by atoms with Gasteiger partial charge in [-0.3, -0.25) is 4.79 Å². The molecule has 2 aromatic heterocycles. The molecule has 1 amide bonds. The van der Waals surface area contributed by atoms with Crippen molar-refractivity contribution in [1.82, 2.24) is 34.9 Å². The minimum absolute atomic E-state index is 0.166. The quantitative estimate of drug-likeness (QED) is 0.467. The van der Waals surface area contributed by atoms with Gasteiger partial charge in [0, 0.05) is 6.54 Å². The van der Waals surface area contributed by atoms with E-state index in [9.17, 15) is 9.18 Å². The number of rotatable bonds is 5. The van der Waals surface area contributed by atoms with Crippen LogP contribution in [0.2, 0.25) is 0 Å². The van der Waals surface area contributed by atoms with Crippen molar-refractivity contribution in [1.29, 1.82) is 0 Å². The summed E-state index contributed by atoms with van der Waals surface area (Å²) in [5.41, 5.74) is 3.20. The second-order valence-corrected chi connectivity index (χ2v) is 7.86. The zero-order valence-corrected chi connectivity index (χ0v) is 18.0. The van der Waals surface area contributed by atoms with E-state index in [1.54, 1.807) is 47.9 Å². The Morgan fingerprint density at radius 1 is 1.03 bits per heavy atom. The molecule has 10 heteroatoms. The maximum Gasteiger partial charge on any atom is 0.256 e. The number of aryl methyl sites for hydroxylation is 1. The molecule has 5 rings (SSSR count). The van der Waals surface area contributed by atoms with Crippen molar-refractivity contribution < 1.29 is 13.9 Å². The summed E-state index contributed by atoms with van der Waals surface area (Å²) in [5, 5.41) is 16.6. The predicted molar refractivity (Wildman–Crippen MR) is 117 cm³/mol. The number of ether oxygens (including phenoxy) is 1. The fourth-order valence-electron chi connectivity index (χ4n) is 4.02. The van der Waals surface area contributed by atoms with Gasteiger partial charge in [0.15, 0.2) is 0 Å². The topological polar surface area (TPSA) is 91.0 Å². The van der Waals surface area contributed by atoms with Gasteiger partial charge in [0.25, 0.3) is 5.91 Å². The van der Waals surface area contributed by atoms with Crippen molar-refractivity contribution in [2.45, 2.75) is 19.4 Å². The number of amides is 1. The third-order valence-electron chi connectivity index (χ3n) is 5.64. The van der Waals surface area contributed by atoms with Crippen LogP contribution in [0.4, 0.5) is 4.39 Å². The molecule has 2 aromatic carbocycles. The van der Waals surface area contributed by atoms with Gasteiger partial charge >= 0.3 is 0 Å². The normalized spacial score (nSPS) is 16.2. The van der Waals surface area contributed by atoms with Gasteiger partial charge in [-0.25, -0.2) is 4.39 Å². The number of aromatic nitrogens is 6. The molecule has 4 aromatic rings. The number of carbonyl (C=O) groups excluding carboxylic acids is 1. The second-order valence-electron chi connectivity index (χ2n) is 7.86. The molecule has 1 aliphatic heterocycles. The summed E-state index contributed by atoms with van der Waals surface area (Å²) in [6.45, 7) is 3.09. The van der Waals surface area contributed by atoms with E-state index in [0.29, 0.717) is 48.7 Å². The lowest BCUT2D eigenvalue weighted by atomic mass is 10.0. The Hall–Kier alpha value is -3.92. The van der Waals surface area contributed by atoms with Crippen molar-refractivity contribution in [2.24, 2.45) is 0 Å². The minimum atomic E-state index is -0.347. The largest absolute Gasteiger partial charge is 0.377 e. The number of benzene rings is 2. The number of carbonyl (C=O) groups is 1. The van der Waals surface area contributed by atoms with Gasteiger partial charge < -0.3 is 9.64 Å². The smallest absolute Gasteiger partial charge is 0.256 e. The highest BCUT2D eigenvalue weighted by Crippen LogP contribution is 2.23. The Bertz CT molecular complexity index is 1260. The highest BCUT2D eigenvalue weighted by molar-refractivity contribution is 5.98. The van der Waals surface area contributed by atoms with Crippen LogP contribution in [0.5, 0.6) is 0 Å². The lowest BCUT2D eigenvalue weighted by Crippen LogP contribution is -2.50. The standard InChI is InChI=1S/C23H22FN7O2/c1-16-2-4-20(22(12-16)31-27-8-9-28-31)23(32)29-10-11-33-15-19(29)14-17-13-18(3-5-21(17)24)30-25-6-7-26-30/h2-9,12-13,19H,10-11,14-15H2,1H3. The van der Waals surface area contributed by atoms with Gasteiger partial charge in [-0.15, -0.1) is 0 Å². The third-order valence-corrected chi connectivity index (χ3v) is 5.64. The van der Waals surface area contributed by atoms with E-state index >= 15 is 0 Å². The fourth-order valence-corrected chi connectivity index (χ4v) is 4.02. The van der Waals surface area contributed by atoms with E-state index in [0.717, 1.165) is 5.56 Å². The molecule has 33 heavy (non-hydrogen) atoms. The molecule has 0 bridgehead atoms. The first-order valence-electron chi connectivity index (χ1n) is 10.6. The van der Waals surface area contributed by atoms with E-state index < -0.39 is 0 Å². The highest BCUT2D eigenvalue weighted by atomic mass is 19.1. The maximum absolute atomic E-state index is 14.7. The van der Waals surface area contributed by atoms with E-state index in [1.807, 2.05) is 19.1 Å². The van der Waals surface area contributed by atoms with Crippen LogP contribution in [-0.4, -0.2) is 66.6 Å². The summed E-state index contributed by atoms with van der Waals surface area (Å²) in [5.74, 6) is -0.512. The SMILES string of the molecule is Cc1ccc(C(=O)N2CCOCC2Cc2cc(-n3nccn3)ccc2F)c(-n2nccn2)c1. The third kappa shape index (κ3) is 4.24. The second kappa shape index (κ2) is 8.91. The lowest BCUT2D eigenvalue weighted by Gasteiger charge is -2.36. The Balaban J connectivity index is 1.45. The van der Waals surface area contributed by atoms with E-state index in [4.69, 9.17) is 4.74 Å². The summed E-state index contributed by atoms with van der Waals surface area (Å²) < 4.78 is 20.4. The van der Waals surface area contributed by atoms with Crippen molar-refractivity contribution in [2.75, 3.05) is 19.8 Å². The molecule has 0 radical (unpaired) electrons. The van der Waals surface area contributed by atoms with Crippen LogP contribution in [0.3, 0.4) is 0 Å². The minimum Gasteiger partial charge on any atom is -0.377 e. The number of morpholine rings is 1. The number of halogens is 1. The van der Waals surface area contributed by atoms with Crippen molar-refractivity contribution >= 4 is 5.91 Å². The molecule has 1 aliphatic rings. The van der Waals surface area contributed by atoms with E-state index in [1.165, 1.54) is 15.7 Å². The Morgan fingerprint density at radius 3 is 2.52 bits per heavy atom. The maximum atomic E-state index is 14.7. The van der Waals surface area contributed by atoms with Crippen LogP contribution in [0.25, 0.3) is 11.4 Å². The molecule has 0 spiro atoms. The first-order valence-corrected chi connectivity index (χ1v) is 10.6. The van der Waals surface area contributed by atoms with E-state index in [2.05, 4.69) is 20.4 Å². The number of hydrogen-bond donors (Lipinski definition) is 0. The molecule has 1 unspecified atom stereocenters. The summed E-state index contributed by atoms with van der Waals surface area (Å²) in [4.78, 5) is 18.3. The number of nitrogens with zero attached hydrogens (tertiary/aromatic N) is 7. The molecule has 0 N–H and O–H groups in total. The zero-order valence-electron chi connectivity index (χ0n) is 18.0. The average molecular weight is 447 g/mol. The molecule has 0 aliphatic carbocycles. The van der Waals surface area contributed by atoms with Crippen molar-refractivity contribution in [3.05, 3.63) is 83.7 Å².